The molecule has 0 radical (unpaired) electrons. The van der Waals surface area contributed by atoms with Crippen molar-refractivity contribution < 1.29 is 36.3 Å². The first-order valence-electron chi connectivity index (χ1n) is 14.0. The highest BCUT2D eigenvalue weighted by Crippen LogP contribution is 2.34. The summed E-state index contributed by atoms with van der Waals surface area (Å²) in [5.74, 6) is -2.22. The molecule has 0 aliphatic carbocycles. The van der Waals surface area contributed by atoms with Crippen LogP contribution in [0.15, 0.2) is 65.9 Å². The molecule has 240 valence electrons. The average Bonchev–Trinajstić information content (AvgIpc) is 3.59. The van der Waals surface area contributed by atoms with Crippen LogP contribution in [-0.2, 0) is 17.6 Å². The Bertz CT molecular complexity index is 1780. The van der Waals surface area contributed by atoms with Crippen LogP contribution in [0.4, 0.5) is 38.1 Å². The number of hydrogen-bond acceptors (Lipinski definition) is 6. The lowest BCUT2D eigenvalue weighted by molar-refractivity contribution is -0.274. The van der Waals surface area contributed by atoms with Crippen LogP contribution in [0.25, 0.3) is 5.69 Å². The first-order valence-corrected chi connectivity index (χ1v) is 15.0. The highest BCUT2D eigenvalue weighted by molar-refractivity contribution is 8.15. The van der Waals surface area contributed by atoms with E-state index in [1.807, 2.05) is 39.0 Å². The van der Waals surface area contributed by atoms with E-state index in [1.165, 1.54) is 28.0 Å². The number of aryl methyl sites for hydroxylation is 3. The summed E-state index contributed by atoms with van der Waals surface area (Å²) in [5, 5.41) is 6.51. The number of carbonyl (C=O) groups excluding carboxylic acids is 2. The molecule has 0 atom stereocenters. The van der Waals surface area contributed by atoms with Gasteiger partial charge in [0.05, 0.1) is 17.1 Å². The van der Waals surface area contributed by atoms with Gasteiger partial charge in [0.2, 0.25) is 5.91 Å². The van der Waals surface area contributed by atoms with E-state index in [0.717, 1.165) is 47.2 Å². The van der Waals surface area contributed by atoms with Crippen molar-refractivity contribution in [1.29, 1.82) is 0 Å². The summed E-state index contributed by atoms with van der Waals surface area (Å²) in [7, 11) is 0. The Morgan fingerprint density at radius 2 is 1.76 bits per heavy atom. The van der Waals surface area contributed by atoms with E-state index in [9.17, 15) is 31.5 Å². The van der Waals surface area contributed by atoms with Gasteiger partial charge in [-0.15, -0.1) is 13.2 Å². The number of benzene rings is 3. The molecule has 0 saturated carbocycles. The molecular weight excluding hydrogens is 631 g/mol. The summed E-state index contributed by atoms with van der Waals surface area (Å²) in [6.07, 6.45) is -3.11. The molecule has 46 heavy (non-hydrogen) atoms. The minimum atomic E-state index is -4.81. The number of aromatic nitrogens is 3. The first kappa shape index (κ1) is 32.6. The van der Waals surface area contributed by atoms with Gasteiger partial charge in [-0.25, -0.2) is 23.2 Å². The van der Waals surface area contributed by atoms with Crippen molar-refractivity contribution in [1.82, 2.24) is 14.8 Å². The smallest absolute Gasteiger partial charge is 0.406 e. The van der Waals surface area contributed by atoms with Gasteiger partial charge in [0.1, 0.15) is 29.4 Å². The SMILES string of the molecule is Cc1ccc(C(C)C)c(N2C(=O)CS/C2=N\C(=O)Nc2c(F)cc(CCc3ncn(-c4ccc(OC(F)(F)F)cc4)n3)cc2F)c1. The minimum Gasteiger partial charge on any atom is -0.406 e. The van der Waals surface area contributed by atoms with Gasteiger partial charge in [0.25, 0.3) is 0 Å². The summed E-state index contributed by atoms with van der Waals surface area (Å²) in [6.45, 7) is 5.84. The fourth-order valence-corrected chi connectivity index (χ4v) is 5.58. The molecule has 2 heterocycles. The monoisotopic (exact) mass is 658 g/mol. The van der Waals surface area contributed by atoms with Crippen LogP contribution in [0.2, 0.25) is 0 Å². The third-order valence-electron chi connectivity index (χ3n) is 6.86. The number of amidine groups is 1. The fourth-order valence-electron chi connectivity index (χ4n) is 4.72. The molecule has 1 fully saturated rings. The Kier molecular flexibility index (Phi) is 9.42. The largest absolute Gasteiger partial charge is 0.573 e. The maximum atomic E-state index is 15.0. The Labute approximate surface area is 264 Å². The predicted molar refractivity (Wildman–Crippen MR) is 163 cm³/mol. The van der Waals surface area contributed by atoms with E-state index in [1.54, 1.807) is 0 Å². The highest BCUT2D eigenvalue weighted by Gasteiger charge is 2.33. The van der Waals surface area contributed by atoms with E-state index in [2.05, 4.69) is 25.1 Å². The maximum Gasteiger partial charge on any atom is 0.573 e. The number of urea groups is 1. The Balaban J connectivity index is 1.24. The van der Waals surface area contributed by atoms with Crippen LogP contribution in [0.3, 0.4) is 0 Å². The zero-order valence-corrected chi connectivity index (χ0v) is 25.5. The molecule has 5 rings (SSSR count). The second kappa shape index (κ2) is 13.3. The molecule has 1 aliphatic heterocycles. The lowest BCUT2D eigenvalue weighted by Gasteiger charge is -2.22. The third-order valence-corrected chi connectivity index (χ3v) is 7.78. The lowest BCUT2D eigenvalue weighted by Crippen LogP contribution is -2.31. The number of alkyl halides is 3. The highest BCUT2D eigenvalue weighted by atomic mass is 32.2. The van der Waals surface area contributed by atoms with Crippen molar-refractivity contribution >= 4 is 40.2 Å². The molecule has 3 aromatic carbocycles. The van der Waals surface area contributed by atoms with Gasteiger partial charge in [0.15, 0.2) is 11.0 Å². The molecule has 3 amide bonds. The molecule has 1 aromatic heterocycles. The molecule has 0 bridgehead atoms. The number of carbonyl (C=O) groups is 2. The Morgan fingerprint density at radius 1 is 1.07 bits per heavy atom. The van der Waals surface area contributed by atoms with Gasteiger partial charge in [0, 0.05) is 6.42 Å². The van der Waals surface area contributed by atoms with Gasteiger partial charge in [-0.05, 0) is 78.4 Å². The van der Waals surface area contributed by atoms with Crippen LogP contribution >= 0.6 is 11.8 Å². The molecule has 4 aromatic rings. The molecular formula is C31H27F5N6O3S. The number of rotatable bonds is 8. The van der Waals surface area contributed by atoms with E-state index in [0.29, 0.717) is 17.2 Å². The number of nitrogens with zero attached hydrogens (tertiary/aromatic N) is 5. The zero-order valence-electron chi connectivity index (χ0n) is 24.7. The predicted octanol–water partition coefficient (Wildman–Crippen LogP) is 7.33. The number of nitrogens with one attached hydrogen (secondary N) is 1. The average molecular weight is 659 g/mol. The lowest BCUT2D eigenvalue weighted by atomic mass is 9.99. The number of anilines is 2. The minimum absolute atomic E-state index is 0.0608. The summed E-state index contributed by atoms with van der Waals surface area (Å²) in [6, 6.07) is 11.8. The van der Waals surface area contributed by atoms with Gasteiger partial charge in [-0.3, -0.25) is 9.69 Å². The molecule has 0 spiro atoms. The summed E-state index contributed by atoms with van der Waals surface area (Å²) >= 11 is 1.05. The van der Waals surface area contributed by atoms with Gasteiger partial charge >= 0.3 is 12.4 Å². The summed E-state index contributed by atoms with van der Waals surface area (Å²) < 4.78 is 72.3. The number of thioether (sulfide) groups is 1. The molecule has 0 unspecified atom stereocenters. The van der Waals surface area contributed by atoms with Crippen molar-refractivity contribution in [3.8, 4) is 11.4 Å². The molecule has 9 nitrogen and oxygen atoms in total. The second-order valence-corrected chi connectivity index (χ2v) is 11.6. The first-order chi connectivity index (χ1) is 21.8. The van der Waals surface area contributed by atoms with Crippen LogP contribution in [-0.4, -0.2) is 44.0 Å². The van der Waals surface area contributed by atoms with Gasteiger partial charge in [-0.1, -0.05) is 37.7 Å². The van der Waals surface area contributed by atoms with Crippen LogP contribution < -0.4 is 15.0 Å². The van der Waals surface area contributed by atoms with Crippen molar-refractivity contribution in [2.45, 2.75) is 45.9 Å². The van der Waals surface area contributed by atoms with Crippen LogP contribution in [0.5, 0.6) is 5.75 Å². The molecule has 15 heteroatoms. The number of ether oxygens (including phenoxy) is 1. The van der Waals surface area contributed by atoms with Gasteiger partial charge in [-0.2, -0.15) is 10.1 Å². The number of aliphatic imine (C=N–C) groups is 1. The van der Waals surface area contributed by atoms with E-state index in [4.69, 9.17) is 0 Å². The van der Waals surface area contributed by atoms with Crippen molar-refractivity contribution in [3.05, 3.63) is 95.1 Å². The van der Waals surface area contributed by atoms with E-state index in [-0.39, 0.29) is 46.9 Å². The molecule has 1 N–H and O–H groups in total. The number of amides is 3. The van der Waals surface area contributed by atoms with Crippen molar-refractivity contribution in [2.75, 3.05) is 16.0 Å². The maximum absolute atomic E-state index is 15.0. The normalized spacial score (nSPS) is 14.4. The quantitative estimate of drug-likeness (QED) is 0.199. The van der Waals surface area contributed by atoms with Crippen molar-refractivity contribution in [3.63, 3.8) is 0 Å². The number of hydrogen-bond donors (Lipinski definition) is 1. The van der Waals surface area contributed by atoms with Crippen molar-refractivity contribution in [2.24, 2.45) is 4.99 Å². The Morgan fingerprint density at radius 3 is 2.41 bits per heavy atom. The summed E-state index contributed by atoms with van der Waals surface area (Å²) in [4.78, 5) is 35.0. The fraction of sp³-hybridized carbons (Fsp3) is 0.258. The van der Waals surface area contributed by atoms with E-state index >= 15 is 0 Å². The Hall–Kier alpha value is -4.79. The third kappa shape index (κ3) is 7.70. The molecule has 1 aliphatic rings. The van der Waals surface area contributed by atoms with Crippen LogP contribution in [0, 0.1) is 18.6 Å². The topological polar surface area (TPSA) is 102 Å². The van der Waals surface area contributed by atoms with E-state index < -0.39 is 29.7 Å². The van der Waals surface area contributed by atoms with Crippen LogP contribution in [0.1, 0.15) is 42.3 Å². The molecule has 1 saturated heterocycles. The number of halogens is 5. The summed E-state index contributed by atoms with van der Waals surface area (Å²) in [5.41, 5.74) is 2.42. The zero-order chi connectivity index (χ0) is 33.2. The second-order valence-electron chi connectivity index (χ2n) is 10.6. The standard InChI is InChI=1S/C31H27F5N6O3S/c1-17(2)22-10-4-18(3)12-25(22)42-27(43)15-46-30(42)39-29(44)38-28-23(32)13-19(14-24(28)33)5-11-26-37-16-41(40-26)20-6-8-21(9-7-20)45-31(34,35)36/h4,6-10,12-14,16-17H,5,11,15H2,1-3H3,(H,38,44)/b39-30-. The van der Waals surface area contributed by atoms with Gasteiger partial charge < -0.3 is 10.1 Å².